The fourth-order valence-corrected chi connectivity index (χ4v) is 3.02. The normalized spacial score (nSPS) is 10.8. The van der Waals surface area contributed by atoms with Gasteiger partial charge < -0.3 is 13.9 Å². The number of carbonyl (C=O) groups excluding carboxylic acids is 1. The minimum Gasteiger partial charge on any atom is -0.490 e. The van der Waals surface area contributed by atoms with E-state index in [1.165, 1.54) is 6.07 Å². The number of carbonyl (C=O) groups is 1. The first kappa shape index (κ1) is 17.2. The summed E-state index contributed by atoms with van der Waals surface area (Å²) in [5.74, 6) is -0.205. The Bertz CT molecular complexity index is 917. The third-order valence-corrected chi connectivity index (χ3v) is 4.37. The second kappa shape index (κ2) is 7.94. The maximum absolute atomic E-state index is 12.2. The van der Waals surface area contributed by atoms with E-state index in [9.17, 15) is 9.59 Å². The van der Waals surface area contributed by atoms with Crippen LogP contribution in [0.2, 0.25) is 0 Å². The lowest BCUT2D eigenvalue weighted by atomic mass is 10.2. The van der Waals surface area contributed by atoms with E-state index >= 15 is 0 Å². The second-order valence-electron chi connectivity index (χ2n) is 5.26. The lowest BCUT2D eigenvalue weighted by Crippen LogP contribution is -2.17. The minimum absolute atomic E-state index is 0.112. The molecule has 0 saturated heterocycles. The van der Waals surface area contributed by atoms with E-state index in [2.05, 4.69) is 4.98 Å². The molecule has 0 saturated carbocycles. The molecule has 0 unspecified atom stereocenters. The standard InChI is InChI=1S/C18H17NO5S/c1-2-22-15-7-3-5-12-9-14(18(21)24-16(12)15)17(20)23-8-4-6-13-10-19-11-25-13/h3,5,7,9-11H,2,4,6,8H2,1H3. The number of rotatable bonds is 7. The molecule has 0 spiro atoms. The van der Waals surface area contributed by atoms with Gasteiger partial charge in [0.25, 0.3) is 0 Å². The van der Waals surface area contributed by atoms with Crippen molar-refractivity contribution in [1.82, 2.24) is 4.98 Å². The van der Waals surface area contributed by atoms with Crippen molar-refractivity contribution in [3.05, 3.63) is 56.8 Å². The molecule has 2 heterocycles. The summed E-state index contributed by atoms with van der Waals surface area (Å²) in [5.41, 5.74) is 1.25. The minimum atomic E-state index is -0.730. The highest BCUT2D eigenvalue weighted by Crippen LogP contribution is 2.25. The lowest BCUT2D eigenvalue weighted by Gasteiger charge is -2.07. The molecule has 25 heavy (non-hydrogen) atoms. The monoisotopic (exact) mass is 359 g/mol. The molecule has 0 amide bonds. The number of aryl methyl sites for hydroxylation is 1. The van der Waals surface area contributed by atoms with E-state index in [0.29, 0.717) is 29.7 Å². The second-order valence-corrected chi connectivity index (χ2v) is 6.23. The number of fused-ring (bicyclic) bond motifs is 1. The predicted molar refractivity (Wildman–Crippen MR) is 94.4 cm³/mol. The van der Waals surface area contributed by atoms with Gasteiger partial charge >= 0.3 is 11.6 Å². The number of ether oxygens (including phenoxy) is 2. The summed E-state index contributed by atoms with van der Waals surface area (Å²) in [6, 6.07) is 6.72. The van der Waals surface area contributed by atoms with Crippen molar-refractivity contribution in [2.45, 2.75) is 19.8 Å². The number of thiazole rings is 1. The topological polar surface area (TPSA) is 78.6 Å². The van der Waals surface area contributed by atoms with Crippen LogP contribution in [0.15, 0.2) is 45.2 Å². The van der Waals surface area contributed by atoms with Crippen molar-refractivity contribution in [2.75, 3.05) is 13.2 Å². The Morgan fingerprint density at radius 2 is 2.24 bits per heavy atom. The number of esters is 1. The van der Waals surface area contributed by atoms with E-state index in [1.54, 1.807) is 41.2 Å². The Labute approximate surface area is 148 Å². The van der Waals surface area contributed by atoms with Crippen LogP contribution in [-0.4, -0.2) is 24.2 Å². The zero-order valence-electron chi connectivity index (χ0n) is 13.7. The Morgan fingerprint density at radius 1 is 1.36 bits per heavy atom. The first-order chi connectivity index (χ1) is 12.2. The van der Waals surface area contributed by atoms with Crippen LogP contribution < -0.4 is 10.4 Å². The van der Waals surface area contributed by atoms with Gasteiger partial charge in [0, 0.05) is 16.5 Å². The molecule has 130 valence electrons. The van der Waals surface area contributed by atoms with Crippen molar-refractivity contribution in [3.8, 4) is 5.75 Å². The summed E-state index contributed by atoms with van der Waals surface area (Å²) < 4.78 is 15.9. The quantitative estimate of drug-likeness (QED) is 0.365. The van der Waals surface area contributed by atoms with Crippen LogP contribution in [0.4, 0.5) is 0 Å². The summed E-state index contributed by atoms with van der Waals surface area (Å²) in [4.78, 5) is 29.4. The van der Waals surface area contributed by atoms with Gasteiger partial charge in [0.15, 0.2) is 11.3 Å². The lowest BCUT2D eigenvalue weighted by molar-refractivity contribution is 0.0496. The van der Waals surface area contributed by atoms with Crippen LogP contribution in [0.1, 0.15) is 28.6 Å². The van der Waals surface area contributed by atoms with Gasteiger partial charge in [-0.1, -0.05) is 12.1 Å². The number of hydrogen-bond acceptors (Lipinski definition) is 7. The van der Waals surface area contributed by atoms with Gasteiger partial charge in [-0.05, 0) is 31.9 Å². The SMILES string of the molecule is CCOc1cccc2cc(C(=O)OCCCc3cncs3)c(=O)oc12. The van der Waals surface area contributed by atoms with Crippen LogP contribution in [-0.2, 0) is 11.2 Å². The highest BCUT2D eigenvalue weighted by molar-refractivity contribution is 7.09. The molecule has 0 fully saturated rings. The van der Waals surface area contributed by atoms with Gasteiger partial charge in [-0.3, -0.25) is 4.98 Å². The molecule has 7 heteroatoms. The molecule has 0 radical (unpaired) electrons. The Kier molecular flexibility index (Phi) is 5.45. The molecular weight excluding hydrogens is 342 g/mol. The number of benzene rings is 1. The summed E-state index contributed by atoms with van der Waals surface area (Å²) in [6.07, 6.45) is 3.24. The molecule has 1 aromatic carbocycles. The van der Waals surface area contributed by atoms with Gasteiger partial charge in [-0.15, -0.1) is 11.3 Å². The molecule has 0 atom stereocenters. The van der Waals surface area contributed by atoms with Gasteiger partial charge in [0.1, 0.15) is 5.56 Å². The van der Waals surface area contributed by atoms with Crippen LogP contribution in [0.5, 0.6) is 5.75 Å². The molecule has 3 rings (SSSR count). The maximum atomic E-state index is 12.2. The fraction of sp³-hybridized carbons (Fsp3) is 0.278. The average molecular weight is 359 g/mol. The molecule has 2 aromatic heterocycles. The van der Waals surface area contributed by atoms with E-state index in [1.807, 2.05) is 6.92 Å². The largest absolute Gasteiger partial charge is 0.490 e. The van der Waals surface area contributed by atoms with Gasteiger partial charge in [-0.25, -0.2) is 9.59 Å². The molecule has 0 aliphatic heterocycles. The molecule has 0 aliphatic rings. The summed E-state index contributed by atoms with van der Waals surface area (Å²) in [6.45, 7) is 2.52. The number of aromatic nitrogens is 1. The highest BCUT2D eigenvalue weighted by atomic mass is 32.1. The molecule has 0 N–H and O–H groups in total. The van der Waals surface area contributed by atoms with Gasteiger partial charge in [0.05, 0.1) is 18.7 Å². The van der Waals surface area contributed by atoms with Crippen molar-refractivity contribution >= 4 is 28.3 Å². The zero-order chi connectivity index (χ0) is 17.6. The van der Waals surface area contributed by atoms with Crippen LogP contribution >= 0.6 is 11.3 Å². The van der Waals surface area contributed by atoms with Crippen LogP contribution in [0.25, 0.3) is 11.0 Å². The Morgan fingerprint density at radius 3 is 3.00 bits per heavy atom. The highest BCUT2D eigenvalue weighted by Gasteiger charge is 2.16. The van der Waals surface area contributed by atoms with E-state index in [-0.39, 0.29) is 12.2 Å². The van der Waals surface area contributed by atoms with Crippen LogP contribution in [0.3, 0.4) is 0 Å². The zero-order valence-corrected chi connectivity index (χ0v) is 14.5. The first-order valence-corrected chi connectivity index (χ1v) is 8.81. The van der Waals surface area contributed by atoms with Crippen molar-refractivity contribution in [3.63, 3.8) is 0 Å². The Balaban J connectivity index is 1.70. The van der Waals surface area contributed by atoms with Gasteiger partial charge in [-0.2, -0.15) is 0 Å². The fourth-order valence-electron chi connectivity index (χ4n) is 2.38. The maximum Gasteiger partial charge on any atom is 0.351 e. The third-order valence-electron chi connectivity index (χ3n) is 3.53. The molecule has 3 aromatic rings. The van der Waals surface area contributed by atoms with E-state index in [0.717, 1.165) is 11.3 Å². The summed E-state index contributed by atoms with van der Waals surface area (Å²) in [7, 11) is 0. The van der Waals surface area contributed by atoms with Crippen molar-refractivity contribution in [1.29, 1.82) is 0 Å². The molecule has 6 nitrogen and oxygen atoms in total. The summed E-state index contributed by atoms with van der Waals surface area (Å²) >= 11 is 1.56. The third kappa shape index (κ3) is 4.06. The first-order valence-electron chi connectivity index (χ1n) is 7.93. The predicted octanol–water partition coefficient (Wildman–Crippen LogP) is 3.44. The number of hydrogen-bond donors (Lipinski definition) is 0. The van der Waals surface area contributed by atoms with Crippen molar-refractivity contribution < 1.29 is 18.7 Å². The molecule has 0 bridgehead atoms. The van der Waals surface area contributed by atoms with Crippen molar-refractivity contribution in [2.24, 2.45) is 0 Å². The Hall–Kier alpha value is -2.67. The average Bonchev–Trinajstić information content (AvgIpc) is 3.12. The van der Waals surface area contributed by atoms with E-state index < -0.39 is 11.6 Å². The smallest absolute Gasteiger partial charge is 0.351 e. The molecule has 0 aliphatic carbocycles. The number of para-hydroxylation sites is 1. The molecular formula is C18H17NO5S. The summed E-state index contributed by atoms with van der Waals surface area (Å²) in [5, 5.41) is 0.613. The van der Waals surface area contributed by atoms with Gasteiger partial charge in [0.2, 0.25) is 0 Å². The van der Waals surface area contributed by atoms with E-state index in [4.69, 9.17) is 13.9 Å². The van der Waals surface area contributed by atoms with Crippen LogP contribution in [0, 0.1) is 0 Å². The number of nitrogens with zero attached hydrogens (tertiary/aromatic N) is 1.